The SMILES string of the molecule is CCC(C)NC(=O)CNc1cc(F)cc(F)c1. The van der Waals surface area contributed by atoms with Gasteiger partial charge in [-0.25, -0.2) is 8.78 Å². The van der Waals surface area contributed by atoms with Crippen molar-refractivity contribution in [3.05, 3.63) is 29.8 Å². The van der Waals surface area contributed by atoms with Gasteiger partial charge in [0.05, 0.1) is 6.54 Å². The van der Waals surface area contributed by atoms with E-state index in [9.17, 15) is 13.6 Å². The number of carbonyl (C=O) groups is 1. The third-order valence-electron chi connectivity index (χ3n) is 2.34. The van der Waals surface area contributed by atoms with Crippen LogP contribution < -0.4 is 10.6 Å². The largest absolute Gasteiger partial charge is 0.376 e. The van der Waals surface area contributed by atoms with E-state index in [2.05, 4.69) is 10.6 Å². The molecule has 0 saturated heterocycles. The monoisotopic (exact) mass is 242 g/mol. The van der Waals surface area contributed by atoms with Crippen LogP contribution in [-0.2, 0) is 4.79 Å². The average Bonchev–Trinajstić information content (AvgIpc) is 2.25. The molecule has 0 bridgehead atoms. The van der Waals surface area contributed by atoms with Crippen molar-refractivity contribution < 1.29 is 13.6 Å². The molecule has 0 saturated carbocycles. The standard InChI is InChI=1S/C12H16F2N2O/c1-3-8(2)16-12(17)7-15-11-5-9(13)4-10(14)6-11/h4-6,8,15H,3,7H2,1-2H3,(H,16,17). The van der Waals surface area contributed by atoms with Crippen LogP contribution in [0.2, 0.25) is 0 Å². The van der Waals surface area contributed by atoms with Crippen LogP contribution in [0, 0.1) is 11.6 Å². The molecular formula is C12H16F2N2O. The summed E-state index contributed by atoms with van der Waals surface area (Å²) in [6, 6.07) is 3.15. The highest BCUT2D eigenvalue weighted by Crippen LogP contribution is 2.12. The van der Waals surface area contributed by atoms with E-state index in [0.29, 0.717) is 0 Å². The molecular weight excluding hydrogens is 226 g/mol. The zero-order valence-corrected chi connectivity index (χ0v) is 9.89. The van der Waals surface area contributed by atoms with E-state index >= 15 is 0 Å². The molecule has 94 valence electrons. The van der Waals surface area contributed by atoms with Gasteiger partial charge in [0.15, 0.2) is 0 Å². The minimum Gasteiger partial charge on any atom is -0.376 e. The van der Waals surface area contributed by atoms with E-state index in [0.717, 1.165) is 24.6 Å². The first kappa shape index (κ1) is 13.4. The highest BCUT2D eigenvalue weighted by atomic mass is 19.1. The Bertz CT molecular complexity index is 376. The smallest absolute Gasteiger partial charge is 0.239 e. The number of carbonyl (C=O) groups excluding carboxylic acids is 1. The summed E-state index contributed by atoms with van der Waals surface area (Å²) in [7, 11) is 0. The lowest BCUT2D eigenvalue weighted by Crippen LogP contribution is -2.36. The normalized spacial score (nSPS) is 12.0. The van der Waals surface area contributed by atoms with Crippen molar-refractivity contribution >= 4 is 11.6 Å². The number of rotatable bonds is 5. The summed E-state index contributed by atoms with van der Waals surface area (Å²) < 4.78 is 25.7. The maximum atomic E-state index is 12.8. The lowest BCUT2D eigenvalue weighted by Gasteiger charge is -2.12. The van der Waals surface area contributed by atoms with Crippen LogP contribution in [0.5, 0.6) is 0 Å². The molecule has 3 nitrogen and oxygen atoms in total. The molecule has 0 radical (unpaired) electrons. The number of anilines is 1. The van der Waals surface area contributed by atoms with Crippen molar-refractivity contribution in [2.75, 3.05) is 11.9 Å². The van der Waals surface area contributed by atoms with Crippen LogP contribution in [0.25, 0.3) is 0 Å². The van der Waals surface area contributed by atoms with Crippen LogP contribution in [-0.4, -0.2) is 18.5 Å². The Hall–Kier alpha value is -1.65. The number of hydrogen-bond donors (Lipinski definition) is 2. The summed E-state index contributed by atoms with van der Waals surface area (Å²) in [5, 5.41) is 5.40. The van der Waals surface area contributed by atoms with E-state index in [1.54, 1.807) is 0 Å². The van der Waals surface area contributed by atoms with Gasteiger partial charge < -0.3 is 10.6 Å². The first-order valence-electron chi connectivity index (χ1n) is 5.50. The maximum absolute atomic E-state index is 12.8. The van der Waals surface area contributed by atoms with Crippen molar-refractivity contribution in [1.82, 2.24) is 5.32 Å². The second-order valence-electron chi connectivity index (χ2n) is 3.89. The topological polar surface area (TPSA) is 41.1 Å². The van der Waals surface area contributed by atoms with E-state index in [-0.39, 0.29) is 24.2 Å². The summed E-state index contributed by atoms with van der Waals surface area (Å²) in [5.41, 5.74) is 0.252. The van der Waals surface area contributed by atoms with Gasteiger partial charge in [-0.2, -0.15) is 0 Å². The second-order valence-corrected chi connectivity index (χ2v) is 3.89. The summed E-state index contributed by atoms with van der Waals surface area (Å²) in [6.07, 6.45) is 0.834. The zero-order valence-electron chi connectivity index (χ0n) is 9.89. The Labute approximate surface area is 99.2 Å². The summed E-state index contributed by atoms with van der Waals surface area (Å²) in [6.45, 7) is 3.84. The highest BCUT2D eigenvalue weighted by molar-refractivity contribution is 5.80. The molecule has 1 rings (SSSR count). The van der Waals surface area contributed by atoms with Crippen LogP contribution in [0.1, 0.15) is 20.3 Å². The van der Waals surface area contributed by atoms with Gasteiger partial charge in [0.2, 0.25) is 5.91 Å². The molecule has 17 heavy (non-hydrogen) atoms. The highest BCUT2D eigenvalue weighted by Gasteiger charge is 2.06. The first-order valence-corrected chi connectivity index (χ1v) is 5.50. The molecule has 5 heteroatoms. The van der Waals surface area contributed by atoms with Gasteiger partial charge >= 0.3 is 0 Å². The van der Waals surface area contributed by atoms with Crippen molar-refractivity contribution in [2.45, 2.75) is 26.3 Å². The Morgan fingerprint density at radius 3 is 2.41 bits per heavy atom. The first-order chi connectivity index (χ1) is 8.01. The lowest BCUT2D eigenvalue weighted by molar-refractivity contribution is -0.120. The summed E-state index contributed by atoms with van der Waals surface area (Å²) in [5.74, 6) is -1.55. The van der Waals surface area contributed by atoms with Gasteiger partial charge in [-0.3, -0.25) is 4.79 Å². The van der Waals surface area contributed by atoms with Crippen LogP contribution >= 0.6 is 0 Å². The van der Waals surface area contributed by atoms with Gasteiger partial charge in [0.25, 0.3) is 0 Å². The Balaban J connectivity index is 2.47. The summed E-state index contributed by atoms with van der Waals surface area (Å²) in [4.78, 5) is 11.4. The molecule has 1 unspecified atom stereocenters. The molecule has 1 atom stereocenters. The molecule has 2 N–H and O–H groups in total. The van der Waals surface area contributed by atoms with Crippen molar-refractivity contribution in [1.29, 1.82) is 0 Å². The molecule has 0 spiro atoms. The Kier molecular flexibility index (Phi) is 4.87. The number of hydrogen-bond acceptors (Lipinski definition) is 2. The molecule has 1 amide bonds. The van der Waals surface area contributed by atoms with E-state index in [1.807, 2.05) is 13.8 Å². The van der Waals surface area contributed by atoms with Crippen molar-refractivity contribution in [3.63, 3.8) is 0 Å². The van der Waals surface area contributed by atoms with Gasteiger partial charge in [0, 0.05) is 17.8 Å². The van der Waals surface area contributed by atoms with Crippen molar-refractivity contribution in [3.8, 4) is 0 Å². The molecule has 0 aliphatic carbocycles. The number of nitrogens with one attached hydrogen (secondary N) is 2. The Morgan fingerprint density at radius 2 is 1.88 bits per heavy atom. The van der Waals surface area contributed by atoms with E-state index in [4.69, 9.17) is 0 Å². The molecule has 0 heterocycles. The third kappa shape index (κ3) is 4.80. The fourth-order valence-corrected chi connectivity index (χ4v) is 1.27. The Morgan fingerprint density at radius 1 is 1.29 bits per heavy atom. The molecule has 1 aromatic rings. The zero-order chi connectivity index (χ0) is 12.8. The summed E-state index contributed by atoms with van der Waals surface area (Å²) >= 11 is 0. The molecule has 0 aliphatic rings. The number of amides is 1. The van der Waals surface area contributed by atoms with E-state index in [1.165, 1.54) is 0 Å². The average molecular weight is 242 g/mol. The molecule has 0 aromatic heterocycles. The fraction of sp³-hybridized carbons (Fsp3) is 0.417. The number of benzene rings is 1. The van der Waals surface area contributed by atoms with E-state index < -0.39 is 11.6 Å². The van der Waals surface area contributed by atoms with Gasteiger partial charge in [-0.15, -0.1) is 0 Å². The van der Waals surface area contributed by atoms with Crippen molar-refractivity contribution in [2.24, 2.45) is 0 Å². The molecule has 1 aromatic carbocycles. The fourth-order valence-electron chi connectivity index (χ4n) is 1.27. The molecule has 0 aliphatic heterocycles. The van der Waals surface area contributed by atoms with Gasteiger partial charge in [-0.05, 0) is 25.5 Å². The van der Waals surface area contributed by atoms with Gasteiger partial charge in [-0.1, -0.05) is 6.92 Å². The minimum absolute atomic E-state index is 0.00671. The predicted molar refractivity (Wildman–Crippen MR) is 62.7 cm³/mol. The van der Waals surface area contributed by atoms with Crippen LogP contribution in [0.3, 0.4) is 0 Å². The van der Waals surface area contributed by atoms with Crippen LogP contribution in [0.4, 0.5) is 14.5 Å². The molecule has 0 fully saturated rings. The predicted octanol–water partition coefficient (Wildman–Crippen LogP) is 2.29. The quantitative estimate of drug-likeness (QED) is 0.831. The maximum Gasteiger partial charge on any atom is 0.239 e. The van der Waals surface area contributed by atoms with Crippen LogP contribution in [0.15, 0.2) is 18.2 Å². The number of halogens is 2. The third-order valence-corrected chi connectivity index (χ3v) is 2.34. The second kappa shape index (κ2) is 6.18. The van der Waals surface area contributed by atoms with Gasteiger partial charge in [0.1, 0.15) is 11.6 Å². The minimum atomic E-state index is -0.671. The lowest BCUT2D eigenvalue weighted by atomic mass is 10.2.